The van der Waals surface area contributed by atoms with Crippen LogP contribution in [0.2, 0.25) is 0 Å². The predicted octanol–water partition coefficient (Wildman–Crippen LogP) is 3.41. The van der Waals surface area contributed by atoms with Gasteiger partial charge in [0.2, 0.25) is 4.80 Å². The van der Waals surface area contributed by atoms with E-state index in [-0.39, 0.29) is 0 Å². The standard InChI is InChI=1S/C17H16N4S/c1-2-18-17-21(20-12-15-10-6-7-11-19-15)16(13-22-17)14-8-4-3-5-9-14/h3-13H,2H2,1H3/b18-17?,20-12+. The Kier molecular flexibility index (Phi) is 4.56. The zero-order chi connectivity index (χ0) is 15.2. The van der Waals surface area contributed by atoms with Gasteiger partial charge in [0.05, 0.1) is 17.6 Å². The Morgan fingerprint density at radius 3 is 2.68 bits per heavy atom. The summed E-state index contributed by atoms with van der Waals surface area (Å²) >= 11 is 1.59. The van der Waals surface area contributed by atoms with Gasteiger partial charge >= 0.3 is 0 Å². The maximum absolute atomic E-state index is 4.58. The second kappa shape index (κ2) is 6.95. The molecule has 0 bridgehead atoms. The van der Waals surface area contributed by atoms with E-state index in [4.69, 9.17) is 0 Å². The lowest BCUT2D eigenvalue weighted by Gasteiger charge is -2.03. The third kappa shape index (κ3) is 3.20. The smallest absolute Gasteiger partial charge is 0.206 e. The molecule has 0 spiro atoms. The molecule has 1 aromatic carbocycles. The van der Waals surface area contributed by atoms with E-state index in [1.807, 2.05) is 48.0 Å². The van der Waals surface area contributed by atoms with Gasteiger partial charge in [0.25, 0.3) is 0 Å². The van der Waals surface area contributed by atoms with E-state index in [2.05, 4.69) is 32.6 Å². The highest BCUT2D eigenvalue weighted by Gasteiger charge is 2.06. The first-order valence-electron chi connectivity index (χ1n) is 7.10. The van der Waals surface area contributed by atoms with Crippen LogP contribution in [0, 0.1) is 0 Å². The molecular formula is C17H16N4S. The van der Waals surface area contributed by atoms with E-state index in [0.717, 1.165) is 28.3 Å². The molecule has 0 saturated heterocycles. The molecule has 2 heterocycles. The molecule has 0 amide bonds. The number of rotatable bonds is 4. The van der Waals surface area contributed by atoms with Crippen molar-refractivity contribution in [3.63, 3.8) is 0 Å². The molecule has 0 N–H and O–H groups in total. The summed E-state index contributed by atoms with van der Waals surface area (Å²) in [7, 11) is 0. The van der Waals surface area contributed by atoms with Crippen molar-refractivity contribution in [3.8, 4) is 11.3 Å². The molecule has 0 aliphatic heterocycles. The SMILES string of the molecule is CCN=c1scc(-c2ccccc2)n1/N=C/c1ccccn1. The van der Waals surface area contributed by atoms with Crippen molar-refractivity contribution in [2.75, 3.05) is 6.54 Å². The Hall–Kier alpha value is -2.53. The summed E-state index contributed by atoms with van der Waals surface area (Å²) in [6.07, 6.45) is 3.52. The van der Waals surface area contributed by atoms with Crippen molar-refractivity contribution in [1.29, 1.82) is 0 Å². The molecular weight excluding hydrogens is 292 g/mol. The minimum absolute atomic E-state index is 0.730. The molecule has 0 saturated carbocycles. The average molecular weight is 308 g/mol. The maximum atomic E-state index is 4.58. The monoisotopic (exact) mass is 308 g/mol. The van der Waals surface area contributed by atoms with Gasteiger partial charge in [-0.3, -0.25) is 9.98 Å². The van der Waals surface area contributed by atoms with E-state index < -0.39 is 0 Å². The third-order valence-electron chi connectivity index (χ3n) is 3.04. The number of aromatic nitrogens is 2. The van der Waals surface area contributed by atoms with Crippen LogP contribution in [-0.2, 0) is 0 Å². The molecule has 5 heteroatoms. The number of thiazole rings is 1. The lowest BCUT2D eigenvalue weighted by molar-refractivity contribution is 0.832. The second-order valence-electron chi connectivity index (χ2n) is 4.55. The first kappa shape index (κ1) is 14.4. The topological polar surface area (TPSA) is 42.5 Å². The number of hydrogen-bond donors (Lipinski definition) is 0. The predicted molar refractivity (Wildman–Crippen MR) is 91.1 cm³/mol. The molecule has 0 atom stereocenters. The average Bonchev–Trinajstić information content (AvgIpc) is 2.98. The molecule has 0 aliphatic rings. The highest BCUT2D eigenvalue weighted by molar-refractivity contribution is 7.07. The van der Waals surface area contributed by atoms with Crippen molar-refractivity contribution in [1.82, 2.24) is 9.66 Å². The van der Waals surface area contributed by atoms with E-state index in [9.17, 15) is 0 Å². The summed E-state index contributed by atoms with van der Waals surface area (Å²) in [6, 6.07) is 16.0. The molecule has 0 aliphatic carbocycles. The minimum atomic E-state index is 0.730. The molecule has 4 nitrogen and oxygen atoms in total. The second-order valence-corrected chi connectivity index (χ2v) is 5.39. The Labute approximate surface area is 133 Å². The van der Waals surface area contributed by atoms with Gasteiger partial charge in [-0.15, -0.1) is 11.3 Å². The quantitative estimate of drug-likeness (QED) is 0.681. The fourth-order valence-electron chi connectivity index (χ4n) is 2.03. The molecule has 0 radical (unpaired) electrons. The molecule has 2 aromatic heterocycles. The minimum Gasteiger partial charge on any atom is -0.258 e. The Morgan fingerprint density at radius 2 is 1.95 bits per heavy atom. The molecule has 22 heavy (non-hydrogen) atoms. The first-order chi connectivity index (χ1) is 10.9. The summed E-state index contributed by atoms with van der Waals surface area (Å²) in [5, 5.41) is 6.66. The number of benzene rings is 1. The third-order valence-corrected chi connectivity index (χ3v) is 3.90. The zero-order valence-electron chi connectivity index (χ0n) is 12.3. The van der Waals surface area contributed by atoms with Gasteiger partial charge in [-0.25, -0.2) is 4.68 Å². The van der Waals surface area contributed by atoms with Crippen LogP contribution < -0.4 is 4.80 Å². The Bertz CT molecular complexity index is 817. The van der Waals surface area contributed by atoms with E-state index in [1.54, 1.807) is 23.7 Å². The van der Waals surface area contributed by atoms with Crippen LogP contribution in [0.3, 0.4) is 0 Å². The van der Waals surface area contributed by atoms with Gasteiger partial charge in [-0.1, -0.05) is 36.4 Å². The van der Waals surface area contributed by atoms with Crippen molar-refractivity contribution in [3.05, 3.63) is 70.6 Å². The largest absolute Gasteiger partial charge is 0.258 e. The summed E-state index contributed by atoms with van der Waals surface area (Å²) < 4.78 is 1.87. The summed E-state index contributed by atoms with van der Waals surface area (Å²) in [4.78, 5) is 9.66. The van der Waals surface area contributed by atoms with E-state index in [0.29, 0.717) is 0 Å². The van der Waals surface area contributed by atoms with Crippen molar-refractivity contribution >= 4 is 17.6 Å². The van der Waals surface area contributed by atoms with Crippen molar-refractivity contribution in [2.45, 2.75) is 6.92 Å². The highest BCUT2D eigenvalue weighted by atomic mass is 32.1. The van der Waals surface area contributed by atoms with Gasteiger partial charge in [0, 0.05) is 23.7 Å². The van der Waals surface area contributed by atoms with Crippen molar-refractivity contribution in [2.24, 2.45) is 10.1 Å². The van der Waals surface area contributed by atoms with Crippen LogP contribution in [0.5, 0.6) is 0 Å². The van der Waals surface area contributed by atoms with Crippen LogP contribution in [0.15, 0.2) is 70.2 Å². The van der Waals surface area contributed by atoms with Crippen LogP contribution >= 0.6 is 11.3 Å². The van der Waals surface area contributed by atoms with Crippen molar-refractivity contribution < 1.29 is 0 Å². The molecule has 110 valence electrons. The van der Waals surface area contributed by atoms with Crippen LogP contribution in [0.1, 0.15) is 12.6 Å². The van der Waals surface area contributed by atoms with E-state index in [1.165, 1.54) is 0 Å². The van der Waals surface area contributed by atoms with Gasteiger partial charge in [-0.2, -0.15) is 5.10 Å². The van der Waals surface area contributed by atoms with Crippen LogP contribution in [-0.4, -0.2) is 22.4 Å². The number of pyridine rings is 1. The summed E-state index contributed by atoms with van der Waals surface area (Å²) in [5.74, 6) is 0. The molecule has 0 unspecified atom stereocenters. The van der Waals surface area contributed by atoms with Gasteiger partial charge in [-0.05, 0) is 19.1 Å². The first-order valence-corrected chi connectivity index (χ1v) is 7.98. The lowest BCUT2D eigenvalue weighted by Crippen LogP contribution is -2.12. The molecule has 3 aromatic rings. The Morgan fingerprint density at radius 1 is 1.14 bits per heavy atom. The fourth-order valence-corrected chi connectivity index (χ4v) is 2.93. The maximum Gasteiger partial charge on any atom is 0.206 e. The fraction of sp³-hybridized carbons (Fsp3) is 0.118. The van der Waals surface area contributed by atoms with E-state index >= 15 is 0 Å². The number of hydrogen-bond acceptors (Lipinski definition) is 4. The van der Waals surface area contributed by atoms with Crippen LogP contribution in [0.4, 0.5) is 0 Å². The lowest BCUT2D eigenvalue weighted by atomic mass is 10.2. The summed E-state index contributed by atoms with van der Waals surface area (Å²) in [5.41, 5.74) is 2.97. The highest BCUT2D eigenvalue weighted by Crippen LogP contribution is 2.19. The summed E-state index contributed by atoms with van der Waals surface area (Å²) in [6.45, 7) is 2.75. The molecule has 3 rings (SSSR count). The molecule has 0 fully saturated rings. The zero-order valence-corrected chi connectivity index (χ0v) is 13.1. The van der Waals surface area contributed by atoms with Crippen LogP contribution in [0.25, 0.3) is 11.3 Å². The van der Waals surface area contributed by atoms with Gasteiger partial charge in [0.15, 0.2) is 0 Å². The Balaban J connectivity index is 2.07. The normalized spacial score (nSPS) is 12.1. The number of nitrogens with zero attached hydrogens (tertiary/aromatic N) is 4. The van der Waals surface area contributed by atoms with Gasteiger partial charge < -0.3 is 0 Å². The van der Waals surface area contributed by atoms with Gasteiger partial charge in [0.1, 0.15) is 0 Å².